The molecule has 2 heteroatoms. The molecule has 0 amide bonds. The average Bonchev–Trinajstić information content (AvgIpc) is 2.53. The Kier molecular flexibility index (Phi) is 10.8. The van der Waals surface area contributed by atoms with Crippen molar-refractivity contribution in [3.05, 3.63) is 30.3 Å². The summed E-state index contributed by atoms with van der Waals surface area (Å²) in [5.74, 6) is 0. The monoisotopic (exact) mass is 304 g/mol. The van der Waals surface area contributed by atoms with Crippen LogP contribution in [0, 0.1) is 0 Å². The summed E-state index contributed by atoms with van der Waals surface area (Å²) < 4.78 is 0. The standard InChI is InChI=1S/C20H36N2/c1-4-5-6-7-8-9-10-14-17-22(19-18-21(2)3)20-15-12-11-13-16-20/h11-13,15-16H,4-10,14,17-19H2,1-3H3. The molecule has 0 aliphatic carbocycles. The molecule has 0 heterocycles. The molecular weight excluding hydrogens is 268 g/mol. The van der Waals surface area contributed by atoms with Crippen LogP contribution in [0.3, 0.4) is 0 Å². The van der Waals surface area contributed by atoms with Crippen molar-refractivity contribution in [2.45, 2.75) is 58.3 Å². The second kappa shape index (κ2) is 12.5. The maximum absolute atomic E-state index is 2.54. The molecule has 0 atom stereocenters. The molecule has 126 valence electrons. The number of hydrogen-bond donors (Lipinski definition) is 0. The zero-order valence-electron chi connectivity index (χ0n) is 15.1. The highest BCUT2D eigenvalue weighted by molar-refractivity contribution is 5.45. The minimum absolute atomic E-state index is 1.12. The van der Waals surface area contributed by atoms with Crippen molar-refractivity contribution in [1.29, 1.82) is 0 Å². The zero-order chi connectivity index (χ0) is 16.0. The largest absolute Gasteiger partial charge is 0.370 e. The van der Waals surface area contributed by atoms with Gasteiger partial charge in [-0.05, 0) is 32.6 Å². The second-order valence-corrected chi connectivity index (χ2v) is 6.60. The first-order valence-electron chi connectivity index (χ1n) is 9.18. The molecular formula is C20H36N2. The molecule has 0 N–H and O–H groups in total. The highest BCUT2D eigenvalue weighted by Crippen LogP contribution is 2.15. The number of para-hydroxylation sites is 1. The van der Waals surface area contributed by atoms with Gasteiger partial charge in [-0.1, -0.05) is 70.1 Å². The third-order valence-corrected chi connectivity index (χ3v) is 4.22. The number of rotatable bonds is 13. The summed E-state index contributed by atoms with van der Waals surface area (Å²) in [6.07, 6.45) is 11.1. The first-order chi connectivity index (χ1) is 10.7. The van der Waals surface area contributed by atoms with Gasteiger partial charge in [-0.15, -0.1) is 0 Å². The lowest BCUT2D eigenvalue weighted by Crippen LogP contribution is -2.32. The fourth-order valence-corrected chi connectivity index (χ4v) is 2.77. The van der Waals surface area contributed by atoms with Gasteiger partial charge in [0.1, 0.15) is 0 Å². The summed E-state index contributed by atoms with van der Waals surface area (Å²) >= 11 is 0. The Balaban J connectivity index is 2.24. The van der Waals surface area contributed by atoms with E-state index in [0.29, 0.717) is 0 Å². The van der Waals surface area contributed by atoms with Gasteiger partial charge in [-0.3, -0.25) is 0 Å². The van der Waals surface area contributed by atoms with Crippen LogP contribution in [0.25, 0.3) is 0 Å². The highest BCUT2D eigenvalue weighted by Gasteiger charge is 2.06. The molecule has 0 spiro atoms. The zero-order valence-corrected chi connectivity index (χ0v) is 15.1. The number of hydrogen-bond acceptors (Lipinski definition) is 2. The molecule has 0 aliphatic heterocycles. The van der Waals surface area contributed by atoms with Gasteiger partial charge in [0.15, 0.2) is 0 Å². The van der Waals surface area contributed by atoms with E-state index in [1.807, 2.05) is 0 Å². The summed E-state index contributed by atoms with van der Waals surface area (Å²) in [5.41, 5.74) is 1.37. The summed E-state index contributed by atoms with van der Waals surface area (Å²) in [6, 6.07) is 10.9. The number of unbranched alkanes of at least 4 members (excludes halogenated alkanes) is 7. The van der Waals surface area contributed by atoms with E-state index in [2.05, 4.69) is 61.2 Å². The molecule has 0 aromatic heterocycles. The van der Waals surface area contributed by atoms with Crippen LogP contribution in [0.4, 0.5) is 5.69 Å². The number of likely N-dealkylation sites (N-methyl/N-ethyl adjacent to an activating group) is 1. The molecule has 1 aromatic rings. The Labute approximate surface area is 138 Å². The Morgan fingerprint density at radius 3 is 1.86 bits per heavy atom. The lowest BCUT2D eigenvalue weighted by Gasteiger charge is -2.26. The molecule has 0 unspecified atom stereocenters. The van der Waals surface area contributed by atoms with Gasteiger partial charge in [0.2, 0.25) is 0 Å². The average molecular weight is 305 g/mol. The second-order valence-electron chi connectivity index (χ2n) is 6.60. The van der Waals surface area contributed by atoms with Crippen molar-refractivity contribution in [1.82, 2.24) is 4.90 Å². The van der Waals surface area contributed by atoms with Gasteiger partial charge in [0.05, 0.1) is 0 Å². The van der Waals surface area contributed by atoms with Crippen molar-refractivity contribution < 1.29 is 0 Å². The SMILES string of the molecule is CCCCCCCCCCN(CCN(C)C)c1ccccc1. The van der Waals surface area contributed by atoms with E-state index >= 15 is 0 Å². The summed E-state index contributed by atoms with van der Waals surface area (Å²) in [6.45, 7) is 5.71. The van der Waals surface area contributed by atoms with Crippen LogP contribution < -0.4 is 4.90 Å². The topological polar surface area (TPSA) is 6.48 Å². The molecule has 22 heavy (non-hydrogen) atoms. The number of benzene rings is 1. The van der Waals surface area contributed by atoms with Gasteiger partial charge in [-0.2, -0.15) is 0 Å². The van der Waals surface area contributed by atoms with Crippen molar-refractivity contribution in [3.63, 3.8) is 0 Å². The van der Waals surface area contributed by atoms with Gasteiger partial charge >= 0.3 is 0 Å². The van der Waals surface area contributed by atoms with Crippen molar-refractivity contribution in [2.24, 2.45) is 0 Å². The molecule has 0 radical (unpaired) electrons. The molecule has 0 saturated carbocycles. The predicted molar refractivity (Wildman–Crippen MR) is 99.8 cm³/mol. The lowest BCUT2D eigenvalue weighted by molar-refractivity contribution is 0.412. The van der Waals surface area contributed by atoms with E-state index in [-0.39, 0.29) is 0 Å². The van der Waals surface area contributed by atoms with E-state index in [0.717, 1.165) is 13.1 Å². The summed E-state index contributed by atoms with van der Waals surface area (Å²) in [4.78, 5) is 4.81. The van der Waals surface area contributed by atoms with E-state index < -0.39 is 0 Å². The Bertz CT molecular complexity index is 348. The van der Waals surface area contributed by atoms with Crippen LogP contribution >= 0.6 is 0 Å². The van der Waals surface area contributed by atoms with E-state index in [1.165, 1.54) is 63.6 Å². The maximum Gasteiger partial charge on any atom is 0.0366 e. The van der Waals surface area contributed by atoms with E-state index in [4.69, 9.17) is 0 Å². The fraction of sp³-hybridized carbons (Fsp3) is 0.700. The van der Waals surface area contributed by atoms with Crippen molar-refractivity contribution in [2.75, 3.05) is 38.6 Å². The van der Waals surface area contributed by atoms with Crippen LogP contribution in [0.5, 0.6) is 0 Å². The van der Waals surface area contributed by atoms with Crippen LogP contribution in [0.2, 0.25) is 0 Å². The highest BCUT2D eigenvalue weighted by atomic mass is 15.2. The summed E-state index contributed by atoms with van der Waals surface area (Å²) in [7, 11) is 4.30. The van der Waals surface area contributed by atoms with Crippen molar-refractivity contribution >= 4 is 5.69 Å². The predicted octanol–water partition coefficient (Wildman–Crippen LogP) is 5.20. The van der Waals surface area contributed by atoms with Gasteiger partial charge in [0.25, 0.3) is 0 Å². The van der Waals surface area contributed by atoms with Crippen molar-refractivity contribution in [3.8, 4) is 0 Å². The smallest absolute Gasteiger partial charge is 0.0366 e. The van der Waals surface area contributed by atoms with Crippen LogP contribution in [0.15, 0.2) is 30.3 Å². The Hall–Kier alpha value is -1.02. The third kappa shape index (κ3) is 9.09. The third-order valence-electron chi connectivity index (χ3n) is 4.22. The minimum Gasteiger partial charge on any atom is -0.370 e. The summed E-state index contributed by atoms with van der Waals surface area (Å²) in [5, 5.41) is 0. The lowest BCUT2D eigenvalue weighted by atomic mass is 10.1. The Morgan fingerprint density at radius 1 is 0.682 bits per heavy atom. The first-order valence-corrected chi connectivity index (χ1v) is 9.18. The van der Waals surface area contributed by atoms with Crippen LogP contribution in [-0.2, 0) is 0 Å². The first kappa shape index (κ1) is 19.0. The molecule has 0 bridgehead atoms. The van der Waals surface area contributed by atoms with Gasteiger partial charge < -0.3 is 9.80 Å². The minimum atomic E-state index is 1.12. The van der Waals surface area contributed by atoms with Crippen LogP contribution in [-0.4, -0.2) is 38.6 Å². The molecule has 1 rings (SSSR count). The number of nitrogens with zero attached hydrogens (tertiary/aromatic N) is 2. The molecule has 0 saturated heterocycles. The molecule has 0 fully saturated rings. The van der Waals surface area contributed by atoms with Gasteiger partial charge in [-0.25, -0.2) is 0 Å². The van der Waals surface area contributed by atoms with E-state index in [1.54, 1.807) is 0 Å². The maximum atomic E-state index is 2.54. The van der Waals surface area contributed by atoms with Gasteiger partial charge in [0, 0.05) is 25.3 Å². The fourth-order valence-electron chi connectivity index (χ4n) is 2.77. The number of anilines is 1. The Morgan fingerprint density at radius 2 is 1.27 bits per heavy atom. The van der Waals surface area contributed by atoms with E-state index in [9.17, 15) is 0 Å². The quantitative estimate of drug-likeness (QED) is 0.462. The normalized spacial score (nSPS) is 11.1. The molecule has 0 aliphatic rings. The molecule has 1 aromatic carbocycles. The van der Waals surface area contributed by atoms with Crippen LogP contribution in [0.1, 0.15) is 58.3 Å². The molecule has 2 nitrogen and oxygen atoms in total.